The van der Waals surface area contributed by atoms with E-state index in [-0.39, 0.29) is 37.6 Å². The zero-order valence-corrected chi connectivity index (χ0v) is 20.8. The fraction of sp³-hybridized carbons (Fsp3) is 0.520. The summed E-state index contributed by atoms with van der Waals surface area (Å²) in [6, 6.07) is 5.50. The summed E-state index contributed by atoms with van der Waals surface area (Å²) in [5, 5.41) is 2.70. The molecule has 2 atom stereocenters. The molecule has 0 saturated heterocycles. The smallest absolute Gasteiger partial charge is 0.410 e. The van der Waals surface area contributed by atoms with Crippen LogP contribution in [0, 0.1) is 0 Å². The summed E-state index contributed by atoms with van der Waals surface area (Å²) in [5.41, 5.74) is 0.410. The number of benzene rings is 1. The summed E-state index contributed by atoms with van der Waals surface area (Å²) >= 11 is 0. The maximum absolute atomic E-state index is 12.5. The Bertz CT molecular complexity index is 997. The number of carbonyl (C=O) groups excluding carboxylic acids is 4. The zero-order valence-electron chi connectivity index (χ0n) is 20.8. The van der Waals surface area contributed by atoms with Crippen LogP contribution in [-0.4, -0.2) is 71.2 Å². The molecule has 1 aromatic rings. The molecule has 0 saturated carbocycles. The van der Waals surface area contributed by atoms with Gasteiger partial charge in [0.05, 0.1) is 6.54 Å². The van der Waals surface area contributed by atoms with E-state index in [0.717, 1.165) is 10.5 Å². The number of hydrogen-bond donors (Lipinski definition) is 1. The average molecular weight is 488 g/mol. The number of carbonyl (C=O) groups is 4. The molecular formula is C25H33N3O7. The SMILES string of the molecule is CCN(C(=O)OC(C)(C)C)C(C)Cc1ccc2c(c1)OC(CNC(=O)CCN1C(=O)C=CC1=O)O2. The van der Waals surface area contributed by atoms with E-state index in [1.807, 2.05) is 46.8 Å². The standard InChI is InChI=1S/C25H33N3O7/c1-6-27(24(32)35-25(3,4)5)16(2)13-17-7-8-18-19(14-17)34-23(33-18)15-26-20(29)11-12-28-21(30)9-10-22(28)31/h7-10,14,16,23H,6,11-13,15H2,1-5H3,(H,26,29). The molecule has 10 heteroatoms. The number of amides is 4. The normalized spacial score (nSPS) is 17.5. The molecule has 0 aromatic heterocycles. The van der Waals surface area contributed by atoms with Crippen molar-refractivity contribution >= 4 is 23.8 Å². The molecule has 2 aliphatic rings. The number of fused-ring (bicyclic) bond motifs is 1. The third-order valence-electron chi connectivity index (χ3n) is 5.49. The highest BCUT2D eigenvalue weighted by molar-refractivity contribution is 6.13. The van der Waals surface area contributed by atoms with Crippen molar-refractivity contribution in [3.8, 4) is 11.5 Å². The molecule has 10 nitrogen and oxygen atoms in total. The van der Waals surface area contributed by atoms with Gasteiger partial charge in [-0.2, -0.15) is 0 Å². The van der Waals surface area contributed by atoms with Gasteiger partial charge in [0.2, 0.25) is 5.91 Å². The van der Waals surface area contributed by atoms with Crippen LogP contribution in [0.5, 0.6) is 11.5 Å². The van der Waals surface area contributed by atoms with Crippen LogP contribution in [0.4, 0.5) is 4.79 Å². The fourth-order valence-corrected chi connectivity index (χ4v) is 3.80. The van der Waals surface area contributed by atoms with Gasteiger partial charge in [0.1, 0.15) is 5.60 Å². The second kappa shape index (κ2) is 10.8. The number of nitrogens with one attached hydrogen (secondary N) is 1. The Morgan fingerprint density at radius 3 is 2.43 bits per heavy atom. The van der Waals surface area contributed by atoms with Gasteiger partial charge >= 0.3 is 6.09 Å². The Hall–Kier alpha value is -3.56. The predicted molar refractivity (Wildman–Crippen MR) is 127 cm³/mol. The van der Waals surface area contributed by atoms with Crippen molar-refractivity contribution in [1.29, 1.82) is 0 Å². The highest BCUT2D eigenvalue weighted by atomic mass is 16.7. The molecule has 0 spiro atoms. The lowest BCUT2D eigenvalue weighted by atomic mass is 10.1. The first-order valence-corrected chi connectivity index (χ1v) is 11.7. The minimum Gasteiger partial charge on any atom is -0.449 e. The Labute approximate surface area is 205 Å². The van der Waals surface area contributed by atoms with Crippen molar-refractivity contribution in [2.45, 2.75) is 65.4 Å². The van der Waals surface area contributed by atoms with E-state index in [9.17, 15) is 19.2 Å². The van der Waals surface area contributed by atoms with Gasteiger partial charge in [0.15, 0.2) is 11.5 Å². The second-order valence-corrected chi connectivity index (χ2v) is 9.48. The highest BCUT2D eigenvalue weighted by Gasteiger charge is 2.28. The minimum absolute atomic E-state index is 0.00750. The molecule has 1 N–H and O–H groups in total. The van der Waals surface area contributed by atoms with Gasteiger partial charge in [-0.3, -0.25) is 19.3 Å². The van der Waals surface area contributed by atoms with Crippen LogP contribution in [0.1, 0.15) is 46.6 Å². The molecule has 0 fully saturated rings. The first kappa shape index (κ1) is 26.1. The Morgan fingerprint density at radius 2 is 1.80 bits per heavy atom. The quantitative estimate of drug-likeness (QED) is 0.532. The predicted octanol–water partition coefficient (Wildman–Crippen LogP) is 2.40. The highest BCUT2D eigenvalue weighted by Crippen LogP contribution is 2.35. The summed E-state index contributed by atoms with van der Waals surface area (Å²) in [5.74, 6) is -0.0250. The molecule has 4 amide bonds. The number of imide groups is 1. The first-order chi connectivity index (χ1) is 16.5. The maximum atomic E-state index is 12.5. The third-order valence-corrected chi connectivity index (χ3v) is 5.49. The van der Waals surface area contributed by atoms with E-state index in [1.165, 1.54) is 12.2 Å². The molecule has 0 radical (unpaired) electrons. The van der Waals surface area contributed by atoms with Crippen LogP contribution in [0.25, 0.3) is 0 Å². The van der Waals surface area contributed by atoms with Crippen LogP contribution in [0.15, 0.2) is 30.4 Å². The zero-order chi connectivity index (χ0) is 25.8. The average Bonchev–Trinajstić information content (AvgIpc) is 3.31. The van der Waals surface area contributed by atoms with Gasteiger partial charge in [0, 0.05) is 37.7 Å². The third kappa shape index (κ3) is 6.97. The number of likely N-dealkylation sites (N-methyl/N-ethyl adjacent to an activating group) is 1. The van der Waals surface area contributed by atoms with Gasteiger partial charge in [0.25, 0.3) is 18.1 Å². The van der Waals surface area contributed by atoms with Crippen molar-refractivity contribution < 1.29 is 33.4 Å². The van der Waals surface area contributed by atoms with E-state index in [2.05, 4.69) is 5.32 Å². The summed E-state index contributed by atoms with van der Waals surface area (Å²) in [6.07, 6.45) is 1.93. The number of ether oxygens (including phenoxy) is 3. The second-order valence-electron chi connectivity index (χ2n) is 9.48. The van der Waals surface area contributed by atoms with E-state index in [0.29, 0.717) is 24.5 Å². The summed E-state index contributed by atoms with van der Waals surface area (Å²) in [4.78, 5) is 50.4. The van der Waals surface area contributed by atoms with Crippen molar-refractivity contribution in [1.82, 2.24) is 15.1 Å². The van der Waals surface area contributed by atoms with Crippen molar-refractivity contribution in [2.75, 3.05) is 19.6 Å². The van der Waals surface area contributed by atoms with Crippen molar-refractivity contribution in [3.05, 3.63) is 35.9 Å². The van der Waals surface area contributed by atoms with Crippen LogP contribution in [0.2, 0.25) is 0 Å². The largest absolute Gasteiger partial charge is 0.449 e. The van der Waals surface area contributed by atoms with Gasteiger partial charge in [-0.1, -0.05) is 6.07 Å². The lowest BCUT2D eigenvalue weighted by Gasteiger charge is -2.31. The van der Waals surface area contributed by atoms with E-state index in [1.54, 1.807) is 11.0 Å². The first-order valence-electron chi connectivity index (χ1n) is 11.7. The number of rotatable bonds is 9. The monoisotopic (exact) mass is 487 g/mol. The summed E-state index contributed by atoms with van der Waals surface area (Å²) < 4.78 is 17.1. The van der Waals surface area contributed by atoms with E-state index in [4.69, 9.17) is 14.2 Å². The Morgan fingerprint density at radius 1 is 1.14 bits per heavy atom. The molecular weight excluding hydrogens is 454 g/mol. The molecule has 35 heavy (non-hydrogen) atoms. The topological polar surface area (TPSA) is 114 Å². The molecule has 2 aliphatic heterocycles. The number of hydrogen-bond acceptors (Lipinski definition) is 7. The number of nitrogens with zero attached hydrogens (tertiary/aromatic N) is 2. The minimum atomic E-state index is -0.688. The van der Waals surface area contributed by atoms with Gasteiger partial charge in [-0.25, -0.2) is 4.79 Å². The lowest BCUT2D eigenvalue weighted by molar-refractivity contribution is -0.137. The van der Waals surface area contributed by atoms with Gasteiger partial charge in [-0.05, 0) is 58.7 Å². The molecule has 3 rings (SSSR count). The van der Waals surface area contributed by atoms with Crippen molar-refractivity contribution in [3.63, 3.8) is 0 Å². The summed E-state index contributed by atoms with van der Waals surface area (Å²) in [7, 11) is 0. The van der Waals surface area contributed by atoms with Crippen LogP contribution >= 0.6 is 0 Å². The van der Waals surface area contributed by atoms with E-state index < -0.39 is 23.7 Å². The molecule has 2 unspecified atom stereocenters. The Kier molecular flexibility index (Phi) is 8.03. The molecule has 0 bridgehead atoms. The molecule has 0 aliphatic carbocycles. The molecule has 190 valence electrons. The van der Waals surface area contributed by atoms with Crippen LogP contribution < -0.4 is 14.8 Å². The van der Waals surface area contributed by atoms with Gasteiger partial charge in [-0.15, -0.1) is 0 Å². The Balaban J connectivity index is 1.47. The van der Waals surface area contributed by atoms with Gasteiger partial charge < -0.3 is 24.4 Å². The lowest BCUT2D eigenvalue weighted by Crippen LogP contribution is -2.42. The fourth-order valence-electron chi connectivity index (χ4n) is 3.80. The molecule has 1 aromatic carbocycles. The molecule has 2 heterocycles. The van der Waals surface area contributed by atoms with Crippen LogP contribution in [-0.2, 0) is 25.5 Å². The van der Waals surface area contributed by atoms with Crippen LogP contribution in [0.3, 0.4) is 0 Å². The summed E-state index contributed by atoms with van der Waals surface area (Å²) in [6.45, 7) is 10.1. The van der Waals surface area contributed by atoms with Crippen molar-refractivity contribution in [2.24, 2.45) is 0 Å². The maximum Gasteiger partial charge on any atom is 0.410 e. The van der Waals surface area contributed by atoms with E-state index >= 15 is 0 Å².